The van der Waals surface area contributed by atoms with Gasteiger partial charge < -0.3 is 9.15 Å². The molecule has 186 valence electrons. The molecule has 0 unspecified atom stereocenters. The topological polar surface area (TPSA) is 122 Å². The van der Waals surface area contributed by atoms with Gasteiger partial charge in [0.2, 0.25) is 0 Å². The number of nitrogens with one attached hydrogen (secondary N) is 3. The molecule has 2 aromatic carbocycles. The molecule has 1 aromatic heterocycles. The van der Waals surface area contributed by atoms with Crippen molar-refractivity contribution in [3.63, 3.8) is 0 Å². The van der Waals surface area contributed by atoms with Crippen LogP contribution in [0.1, 0.15) is 50.6 Å². The van der Waals surface area contributed by atoms with Gasteiger partial charge in [0, 0.05) is 28.1 Å². The van der Waals surface area contributed by atoms with Gasteiger partial charge in [-0.15, -0.1) is 0 Å². The Balaban J connectivity index is 1.38. The molecule has 36 heavy (non-hydrogen) atoms. The number of hydrazine groups is 1. The second-order valence-electron chi connectivity index (χ2n) is 7.94. The molecular weight excluding hydrogens is 507 g/mol. The summed E-state index contributed by atoms with van der Waals surface area (Å²) in [5.74, 6) is -0.640. The molecule has 3 N–H and O–H groups in total. The average molecular weight is 529 g/mol. The van der Waals surface area contributed by atoms with Crippen molar-refractivity contribution >= 4 is 46.6 Å². The van der Waals surface area contributed by atoms with Gasteiger partial charge >= 0.3 is 5.91 Å². The van der Waals surface area contributed by atoms with Crippen LogP contribution >= 0.6 is 23.2 Å². The summed E-state index contributed by atoms with van der Waals surface area (Å²) in [7, 11) is 0. The first-order valence-corrected chi connectivity index (χ1v) is 11.8. The van der Waals surface area contributed by atoms with Gasteiger partial charge in [-0.1, -0.05) is 41.4 Å². The molecule has 1 aliphatic carbocycles. The summed E-state index contributed by atoms with van der Waals surface area (Å²) in [5, 5.41) is 4.99. The fourth-order valence-electron chi connectivity index (χ4n) is 3.72. The van der Waals surface area contributed by atoms with Crippen LogP contribution in [-0.4, -0.2) is 30.0 Å². The molecule has 0 radical (unpaired) electrons. The van der Waals surface area contributed by atoms with Gasteiger partial charge in [0.1, 0.15) is 11.5 Å². The van der Waals surface area contributed by atoms with E-state index < -0.39 is 11.8 Å². The van der Waals surface area contributed by atoms with E-state index in [1.165, 1.54) is 12.1 Å². The highest BCUT2D eigenvalue weighted by Gasteiger charge is 2.28. The number of hydrogen-bond acceptors (Lipinski definition) is 6. The number of carbonyl (C=O) groups is 3. The lowest BCUT2D eigenvalue weighted by atomic mass is 9.93. The maximum atomic E-state index is 12.7. The van der Waals surface area contributed by atoms with Crippen molar-refractivity contribution in [1.82, 2.24) is 16.3 Å². The molecule has 0 atom stereocenters. The molecule has 11 heteroatoms. The number of carbonyl (C=O) groups excluding carboxylic acids is 3. The Labute approximate surface area is 216 Å². The molecule has 0 fully saturated rings. The number of amides is 3. The number of fused-ring (bicyclic) bond motifs is 1. The predicted octanol–water partition coefficient (Wildman–Crippen LogP) is 4.21. The molecule has 3 amide bonds. The minimum absolute atomic E-state index is 0.0472. The normalized spacial score (nSPS) is 13.6. The number of furan rings is 1. The highest BCUT2D eigenvalue weighted by molar-refractivity contribution is 6.35. The molecule has 4 rings (SSSR count). The second-order valence-corrected chi connectivity index (χ2v) is 8.78. The number of hydrazone groups is 1. The number of benzene rings is 2. The van der Waals surface area contributed by atoms with Crippen LogP contribution in [-0.2, 0) is 11.2 Å². The van der Waals surface area contributed by atoms with Crippen molar-refractivity contribution in [2.75, 3.05) is 6.61 Å². The van der Waals surface area contributed by atoms with Gasteiger partial charge in [0.15, 0.2) is 12.4 Å². The lowest BCUT2D eigenvalue weighted by Crippen LogP contribution is -2.43. The minimum atomic E-state index is -0.632. The number of nitrogens with zero attached hydrogens (tertiary/aromatic N) is 1. The molecule has 1 heterocycles. The van der Waals surface area contributed by atoms with Gasteiger partial charge in [0.05, 0.1) is 10.7 Å². The molecule has 0 aliphatic heterocycles. The van der Waals surface area contributed by atoms with Crippen LogP contribution in [0.5, 0.6) is 5.75 Å². The number of ether oxygens (including phenoxy) is 1. The monoisotopic (exact) mass is 528 g/mol. The van der Waals surface area contributed by atoms with Crippen LogP contribution < -0.4 is 21.0 Å². The van der Waals surface area contributed by atoms with E-state index in [1.807, 2.05) is 6.07 Å². The van der Waals surface area contributed by atoms with E-state index >= 15 is 0 Å². The van der Waals surface area contributed by atoms with Gasteiger partial charge in [-0.05, 0) is 50.1 Å². The molecule has 0 spiro atoms. The smallest absolute Gasteiger partial charge is 0.305 e. The van der Waals surface area contributed by atoms with Gasteiger partial charge in [-0.3, -0.25) is 25.2 Å². The highest BCUT2D eigenvalue weighted by atomic mass is 35.5. The maximum Gasteiger partial charge on any atom is 0.305 e. The number of hydrogen-bond donors (Lipinski definition) is 3. The summed E-state index contributed by atoms with van der Waals surface area (Å²) in [6.07, 6.45) is 1.99. The van der Waals surface area contributed by atoms with Gasteiger partial charge in [-0.25, -0.2) is 5.43 Å². The third kappa shape index (κ3) is 5.87. The number of aryl methyl sites for hydroxylation is 1. The minimum Gasteiger partial charge on any atom is -0.482 e. The Hall–Kier alpha value is -3.82. The Morgan fingerprint density at radius 2 is 1.81 bits per heavy atom. The average Bonchev–Trinajstić information content (AvgIpc) is 3.23. The zero-order valence-corrected chi connectivity index (χ0v) is 20.7. The van der Waals surface area contributed by atoms with Crippen molar-refractivity contribution in [1.29, 1.82) is 0 Å². The number of halogens is 2. The maximum absolute atomic E-state index is 12.7. The van der Waals surface area contributed by atoms with Crippen LogP contribution in [0.25, 0.3) is 0 Å². The lowest BCUT2D eigenvalue weighted by Gasteiger charge is -2.13. The van der Waals surface area contributed by atoms with Crippen LogP contribution in [0.2, 0.25) is 10.0 Å². The summed E-state index contributed by atoms with van der Waals surface area (Å²) < 4.78 is 11.1. The molecule has 1 aliphatic rings. The predicted molar refractivity (Wildman–Crippen MR) is 134 cm³/mol. The molecule has 9 nitrogen and oxygen atoms in total. The van der Waals surface area contributed by atoms with E-state index in [0.717, 1.165) is 6.42 Å². The summed E-state index contributed by atoms with van der Waals surface area (Å²) in [6, 6.07) is 13.3. The fraction of sp³-hybridized carbons (Fsp3) is 0.200. The third-order valence-corrected chi connectivity index (χ3v) is 5.96. The largest absolute Gasteiger partial charge is 0.482 e. The SMILES string of the molecule is Cc1c(C(=O)NNC(=O)COc2ccc(Cl)cc2Cl)oc2c1/C(=N/NC(=O)c1ccccc1)CCC2. The van der Waals surface area contributed by atoms with Gasteiger partial charge in [0.25, 0.3) is 11.8 Å². The summed E-state index contributed by atoms with van der Waals surface area (Å²) in [4.78, 5) is 37.2. The van der Waals surface area contributed by atoms with E-state index in [9.17, 15) is 14.4 Å². The quantitative estimate of drug-likeness (QED) is 0.413. The number of rotatable bonds is 6. The van der Waals surface area contributed by atoms with Gasteiger partial charge in [-0.2, -0.15) is 5.10 Å². The zero-order valence-electron chi connectivity index (χ0n) is 19.2. The summed E-state index contributed by atoms with van der Waals surface area (Å²) in [5.41, 5.74) is 9.53. The Morgan fingerprint density at radius 1 is 1.03 bits per heavy atom. The molecule has 0 bridgehead atoms. The van der Waals surface area contributed by atoms with Crippen molar-refractivity contribution < 1.29 is 23.5 Å². The van der Waals surface area contributed by atoms with E-state index in [0.29, 0.717) is 46.0 Å². The Kier molecular flexibility index (Phi) is 7.92. The molecule has 0 saturated heterocycles. The van der Waals surface area contributed by atoms with Crippen LogP contribution in [0.15, 0.2) is 58.0 Å². The van der Waals surface area contributed by atoms with Crippen molar-refractivity contribution in [3.8, 4) is 5.75 Å². The van der Waals surface area contributed by atoms with Crippen LogP contribution in [0, 0.1) is 6.92 Å². The van der Waals surface area contributed by atoms with Crippen molar-refractivity contribution in [2.45, 2.75) is 26.2 Å². The first-order chi connectivity index (χ1) is 17.3. The van der Waals surface area contributed by atoms with E-state index in [1.54, 1.807) is 37.3 Å². The Morgan fingerprint density at radius 3 is 2.56 bits per heavy atom. The first kappa shape index (κ1) is 25.3. The fourth-order valence-corrected chi connectivity index (χ4v) is 4.19. The van der Waals surface area contributed by atoms with Crippen molar-refractivity contribution in [2.24, 2.45) is 5.10 Å². The lowest BCUT2D eigenvalue weighted by molar-refractivity contribution is -0.123. The molecule has 3 aromatic rings. The van der Waals surface area contributed by atoms with Crippen LogP contribution in [0.3, 0.4) is 0 Å². The standard InChI is InChI=1S/C25H22Cl2N4O5/c1-14-22-18(28-30-24(33)15-6-3-2-4-7-15)8-5-9-20(22)36-23(14)25(34)31-29-21(32)13-35-19-11-10-16(26)12-17(19)27/h2-4,6-7,10-12H,5,8-9,13H2,1H3,(H,29,32)(H,30,33)(H,31,34)/b28-18+. The second kappa shape index (κ2) is 11.3. The van der Waals surface area contributed by atoms with Crippen molar-refractivity contribution in [3.05, 3.63) is 86.8 Å². The van der Waals surface area contributed by atoms with E-state index in [-0.39, 0.29) is 29.0 Å². The third-order valence-electron chi connectivity index (χ3n) is 5.43. The Bertz CT molecular complexity index is 1340. The molecule has 0 saturated carbocycles. The summed E-state index contributed by atoms with van der Waals surface area (Å²) in [6.45, 7) is 1.34. The van der Waals surface area contributed by atoms with E-state index in [2.05, 4.69) is 21.4 Å². The zero-order chi connectivity index (χ0) is 25.7. The highest BCUT2D eigenvalue weighted by Crippen LogP contribution is 2.30. The summed E-state index contributed by atoms with van der Waals surface area (Å²) >= 11 is 11.9. The van der Waals surface area contributed by atoms with Crippen LogP contribution in [0.4, 0.5) is 0 Å². The first-order valence-electron chi connectivity index (χ1n) is 11.0. The van der Waals surface area contributed by atoms with E-state index in [4.69, 9.17) is 32.4 Å². The molecular formula is C25H22Cl2N4O5.